The Hall–Kier alpha value is -5.00. The fourth-order valence-electron chi connectivity index (χ4n) is 3.73. The van der Waals surface area contributed by atoms with Gasteiger partial charge in [-0.1, -0.05) is 30.3 Å². The minimum absolute atomic E-state index is 0.00968. The number of carboxylic acid groups (broad SMARTS) is 4. The fraction of sp³-hybridized carbons (Fsp3) is 0.160. The summed E-state index contributed by atoms with van der Waals surface area (Å²) in [6.07, 6.45) is 3.15. The van der Waals surface area contributed by atoms with E-state index >= 15 is 0 Å². The van der Waals surface area contributed by atoms with E-state index < -0.39 is 55.9 Å². The molecule has 1 aromatic heterocycles. The van der Waals surface area contributed by atoms with Crippen LogP contribution in [0.15, 0.2) is 48.5 Å². The van der Waals surface area contributed by atoms with Gasteiger partial charge in [-0.2, -0.15) is 0 Å². The number of carboxylic acids is 4. The van der Waals surface area contributed by atoms with E-state index in [1.54, 1.807) is 48.6 Å². The lowest BCUT2D eigenvalue weighted by Crippen LogP contribution is -2.34. The van der Waals surface area contributed by atoms with Crippen molar-refractivity contribution in [3.63, 3.8) is 0 Å². The minimum atomic E-state index is -1.31. The molecule has 0 saturated carbocycles. The lowest BCUT2D eigenvalue weighted by atomic mass is 10.1. The van der Waals surface area contributed by atoms with Crippen molar-refractivity contribution in [2.45, 2.75) is 0 Å². The molecule has 0 atom stereocenters. The van der Waals surface area contributed by atoms with Crippen molar-refractivity contribution in [2.24, 2.45) is 0 Å². The zero-order chi connectivity index (χ0) is 27.1. The first-order valence-corrected chi connectivity index (χ1v) is 10.8. The summed E-state index contributed by atoms with van der Waals surface area (Å²) >= 11 is 0. The summed E-state index contributed by atoms with van der Waals surface area (Å²) in [5.41, 5.74) is 1.39. The molecule has 192 valence electrons. The van der Waals surface area contributed by atoms with Crippen molar-refractivity contribution in [1.82, 2.24) is 4.98 Å². The maximum Gasteiger partial charge on any atom is 0.323 e. The van der Waals surface area contributed by atoms with E-state index in [4.69, 9.17) is 0 Å². The van der Waals surface area contributed by atoms with E-state index in [1.807, 2.05) is 0 Å². The molecule has 2 aromatic carbocycles. The average molecular weight is 511 g/mol. The first-order chi connectivity index (χ1) is 17.5. The quantitative estimate of drug-likeness (QED) is 0.282. The van der Waals surface area contributed by atoms with Gasteiger partial charge in [0.25, 0.3) is 0 Å². The van der Waals surface area contributed by atoms with E-state index in [0.29, 0.717) is 22.3 Å². The summed E-state index contributed by atoms with van der Waals surface area (Å²) in [5.74, 6) is -5.72. The van der Waals surface area contributed by atoms with Crippen LogP contribution in [0.5, 0.6) is 0 Å². The summed E-state index contributed by atoms with van der Waals surface area (Å²) in [4.78, 5) is 51.7. The summed E-state index contributed by atoms with van der Waals surface area (Å²) in [5, 5.41) is 37.1. The predicted octanol–water partition coefficient (Wildman–Crippen LogP) is 2.50. The molecule has 0 radical (unpaired) electrons. The number of hydrogen-bond donors (Lipinski definition) is 4. The number of anilines is 2. The van der Waals surface area contributed by atoms with Crippen molar-refractivity contribution in [3.05, 3.63) is 65.6 Å². The maximum absolute atomic E-state index is 14.3. The van der Waals surface area contributed by atoms with Crippen molar-refractivity contribution >= 4 is 58.3 Å². The van der Waals surface area contributed by atoms with E-state index in [0.717, 1.165) is 11.0 Å². The Kier molecular flexibility index (Phi) is 8.35. The lowest BCUT2D eigenvalue weighted by molar-refractivity contribution is -0.138. The van der Waals surface area contributed by atoms with Crippen LogP contribution in [0.4, 0.5) is 15.8 Å². The number of pyridine rings is 1. The molecule has 0 fully saturated rings. The van der Waals surface area contributed by atoms with Gasteiger partial charge in [0.05, 0.1) is 16.9 Å². The molecule has 12 heteroatoms. The largest absolute Gasteiger partial charge is 0.480 e. The monoisotopic (exact) mass is 511 g/mol. The molecule has 37 heavy (non-hydrogen) atoms. The molecule has 0 spiro atoms. The van der Waals surface area contributed by atoms with Gasteiger partial charge < -0.3 is 30.2 Å². The molecule has 1 heterocycles. The van der Waals surface area contributed by atoms with Crippen LogP contribution in [0.2, 0.25) is 0 Å². The van der Waals surface area contributed by atoms with Gasteiger partial charge in [0.1, 0.15) is 32.0 Å². The molecular formula is C25H22FN3O8. The molecular weight excluding hydrogens is 489 g/mol. The molecule has 0 saturated heterocycles. The Morgan fingerprint density at radius 3 is 1.84 bits per heavy atom. The lowest BCUT2D eigenvalue weighted by Gasteiger charge is -2.22. The third kappa shape index (κ3) is 7.24. The number of carbonyl (C=O) groups is 4. The topological polar surface area (TPSA) is 169 Å². The second kappa shape index (κ2) is 11.6. The highest BCUT2D eigenvalue weighted by Gasteiger charge is 2.19. The van der Waals surface area contributed by atoms with Gasteiger partial charge in [0, 0.05) is 11.1 Å². The number of aliphatic carboxylic acids is 4. The zero-order valence-corrected chi connectivity index (χ0v) is 19.2. The highest BCUT2D eigenvalue weighted by atomic mass is 19.1. The number of hydrogen-bond acceptors (Lipinski definition) is 7. The van der Waals surface area contributed by atoms with Crippen LogP contribution in [-0.2, 0) is 19.2 Å². The number of halogens is 1. The Bertz CT molecular complexity index is 1360. The average Bonchev–Trinajstić information content (AvgIpc) is 2.80. The van der Waals surface area contributed by atoms with Gasteiger partial charge in [0.2, 0.25) is 0 Å². The van der Waals surface area contributed by atoms with Crippen LogP contribution in [0.25, 0.3) is 23.1 Å². The van der Waals surface area contributed by atoms with Crippen molar-refractivity contribution in [1.29, 1.82) is 0 Å². The van der Waals surface area contributed by atoms with Gasteiger partial charge in [0.15, 0.2) is 0 Å². The summed E-state index contributed by atoms with van der Waals surface area (Å²) < 4.78 is 14.3. The molecule has 0 aliphatic heterocycles. The molecule has 11 nitrogen and oxygen atoms in total. The second-order valence-electron chi connectivity index (χ2n) is 7.91. The number of nitrogens with zero attached hydrogens (tertiary/aromatic N) is 3. The maximum atomic E-state index is 14.3. The highest BCUT2D eigenvalue weighted by molar-refractivity contribution is 5.95. The molecule has 0 aliphatic rings. The van der Waals surface area contributed by atoms with Crippen LogP contribution in [-0.4, -0.2) is 75.5 Å². The van der Waals surface area contributed by atoms with Gasteiger partial charge in [-0.15, -0.1) is 0 Å². The number of fused-ring (bicyclic) bond motifs is 1. The summed E-state index contributed by atoms with van der Waals surface area (Å²) in [6, 6.07) is 11.9. The standard InChI is InChI=1S/C25H22FN3O8/c26-17-9-16-6-8-18(27-25(16)20(10-17)29(13-23(34)35)14-24(36)37)7-5-15-3-1-2-4-19(15)28(11-21(30)31)12-22(32)33/h1-10H,11-14H2,(H,30,31)(H,32,33)(H,34,35)(H,36,37). The fourth-order valence-corrected chi connectivity index (χ4v) is 3.73. The van der Waals surface area contributed by atoms with Crippen LogP contribution in [0, 0.1) is 5.82 Å². The zero-order valence-electron chi connectivity index (χ0n) is 19.2. The molecule has 3 rings (SSSR count). The van der Waals surface area contributed by atoms with E-state index in [2.05, 4.69) is 4.98 Å². The first-order valence-electron chi connectivity index (χ1n) is 10.8. The number of benzene rings is 2. The summed E-state index contributed by atoms with van der Waals surface area (Å²) in [7, 11) is 0. The summed E-state index contributed by atoms with van der Waals surface area (Å²) in [6.45, 7) is -2.46. The number of para-hydroxylation sites is 1. The van der Waals surface area contributed by atoms with E-state index in [1.165, 1.54) is 11.0 Å². The van der Waals surface area contributed by atoms with Crippen LogP contribution in [0.3, 0.4) is 0 Å². The van der Waals surface area contributed by atoms with Crippen LogP contribution in [0.1, 0.15) is 11.3 Å². The van der Waals surface area contributed by atoms with Gasteiger partial charge in [-0.3, -0.25) is 19.2 Å². The Morgan fingerprint density at radius 2 is 1.27 bits per heavy atom. The van der Waals surface area contributed by atoms with Gasteiger partial charge in [-0.25, -0.2) is 9.37 Å². The molecule has 0 aliphatic carbocycles. The van der Waals surface area contributed by atoms with Crippen molar-refractivity contribution < 1.29 is 44.0 Å². The predicted molar refractivity (Wildman–Crippen MR) is 132 cm³/mol. The van der Waals surface area contributed by atoms with Crippen molar-refractivity contribution in [3.8, 4) is 0 Å². The molecule has 0 bridgehead atoms. The second-order valence-corrected chi connectivity index (χ2v) is 7.91. The van der Waals surface area contributed by atoms with Gasteiger partial charge in [-0.05, 0) is 35.9 Å². The minimum Gasteiger partial charge on any atom is -0.480 e. The molecule has 0 amide bonds. The normalized spacial score (nSPS) is 10.9. The van der Waals surface area contributed by atoms with Crippen LogP contribution >= 0.6 is 0 Å². The Labute approximate surface area is 209 Å². The highest BCUT2D eigenvalue weighted by Crippen LogP contribution is 2.28. The Balaban J connectivity index is 2.05. The third-order valence-corrected chi connectivity index (χ3v) is 5.11. The Morgan fingerprint density at radius 1 is 0.730 bits per heavy atom. The van der Waals surface area contributed by atoms with Crippen molar-refractivity contribution in [2.75, 3.05) is 36.0 Å². The molecule has 4 N–H and O–H groups in total. The first kappa shape index (κ1) is 26.6. The molecule has 0 unspecified atom stereocenters. The smallest absolute Gasteiger partial charge is 0.323 e. The molecule has 3 aromatic rings. The number of aromatic nitrogens is 1. The van der Waals surface area contributed by atoms with Gasteiger partial charge >= 0.3 is 23.9 Å². The van der Waals surface area contributed by atoms with E-state index in [9.17, 15) is 44.0 Å². The SMILES string of the molecule is O=C(O)CN(CC(=O)O)c1ccccc1C=Cc1ccc2cc(F)cc(N(CC(=O)O)CC(=O)O)c2n1. The van der Waals surface area contributed by atoms with E-state index in [-0.39, 0.29) is 11.2 Å². The third-order valence-electron chi connectivity index (χ3n) is 5.11. The van der Waals surface area contributed by atoms with Crippen LogP contribution < -0.4 is 9.80 Å². The number of rotatable bonds is 12.